The van der Waals surface area contributed by atoms with Crippen LogP contribution in [0.25, 0.3) is 5.65 Å². The van der Waals surface area contributed by atoms with E-state index in [1.54, 1.807) is 35.7 Å². The topological polar surface area (TPSA) is 111 Å². The molecule has 1 amide bonds. The quantitative estimate of drug-likeness (QED) is 0.411. The van der Waals surface area contributed by atoms with E-state index in [0.717, 1.165) is 0 Å². The molecule has 10 heteroatoms. The van der Waals surface area contributed by atoms with Crippen molar-refractivity contribution in [3.8, 4) is 5.75 Å². The number of methoxy groups -OCH3 is 1. The molecule has 138 valence electrons. The Morgan fingerprint density at radius 1 is 1.41 bits per heavy atom. The number of amides is 1. The molecule has 0 saturated heterocycles. The van der Waals surface area contributed by atoms with Gasteiger partial charge in [-0.1, -0.05) is 11.6 Å². The second-order valence-corrected chi connectivity index (χ2v) is 5.95. The molecule has 0 saturated carbocycles. The molecule has 0 atom stereocenters. The Labute approximate surface area is 158 Å². The van der Waals surface area contributed by atoms with Gasteiger partial charge in [-0.25, -0.2) is 10.4 Å². The minimum absolute atomic E-state index is 0.138. The summed E-state index contributed by atoms with van der Waals surface area (Å²) in [5, 5.41) is 15.4. The van der Waals surface area contributed by atoms with Crippen LogP contribution in [0.2, 0.25) is 5.02 Å². The third-order valence-corrected chi connectivity index (χ3v) is 3.97. The minimum atomic E-state index is -0.555. The van der Waals surface area contributed by atoms with Crippen LogP contribution in [0.1, 0.15) is 21.7 Å². The number of carbonyl (C=O) groups excluding carboxylic acids is 1. The zero-order chi connectivity index (χ0) is 19.6. The van der Waals surface area contributed by atoms with Crippen LogP contribution < -0.4 is 10.2 Å². The maximum absolute atomic E-state index is 12.5. The number of hydrogen-bond donors (Lipinski definition) is 1. The molecule has 0 bridgehead atoms. The fourth-order valence-electron chi connectivity index (χ4n) is 2.56. The summed E-state index contributed by atoms with van der Waals surface area (Å²) in [4.78, 5) is 27.3. The standard InChI is InChI=1S/C17H14ClN5O4/c1-10-16(22-9-12(18)4-6-15(22)20-10)17(24)21-19-8-11-3-5-14(27-2)13(7-11)23(25)26/h3-9H,1-2H3,(H,21,24)/b19-8-. The molecule has 0 fully saturated rings. The van der Waals surface area contributed by atoms with Gasteiger partial charge in [0.05, 0.1) is 29.0 Å². The van der Waals surface area contributed by atoms with E-state index in [1.165, 1.54) is 25.5 Å². The van der Waals surface area contributed by atoms with Crippen molar-refractivity contribution >= 4 is 35.1 Å². The second kappa shape index (κ2) is 7.42. The third-order valence-electron chi connectivity index (χ3n) is 3.75. The number of nitrogens with zero attached hydrogens (tertiary/aromatic N) is 4. The summed E-state index contributed by atoms with van der Waals surface area (Å²) in [6.07, 6.45) is 2.89. The number of carbonyl (C=O) groups is 1. The van der Waals surface area contributed by atoms with Crippen molar-refractivity contribution in [3.63, 3.8) is 0 Å². The first-order chi connectivity index (χ1) is 12.9. The Balaban J connectivity index is 1.82. The highest BCUT2D eigenvalue weighted by Crippen LogP contribution is 2.26. The first-order valence-corrected chi connectivity index (χ1v) is 8.08. The molecule has 0 radical (unpaired) electrons. The van der Waals surface area contributed by atoms with Gasteiger partial charge in [0.25, 0.3) is 5.91 Å². The summed E-state index contributed by atoms with van der Waals surface area (Å²) in [7, 11) is 1.35. The molecule has 0 aliphatic rings. The van der Waals surface area contributed by atoms with Crippen molar-refractivity contribution in [1.29, 1.82) is 0 Å². The highest BCUT2D eigenvalue weighted by Gasteiger charge is 2.17. The maximum atomic E-state index is 12.5. The summed E-state index contributed by atoms with van der Waals surface area (Å²) in [6.45, 7) is 1.70. The zero-order valence-corrected chi connectivity index (χ0v) is 15.1. The van der Waals surface area contributed by atoms with Gasteiger partial charge in [0.15, 0.2) is 5.75 Å². The molecular formula is C17H14ClN5O4. The SMILES string of the molecule is COc1ccc(/C=N\NC(=O)c2c(C)nc3ccc(Cl)cn23)cc1[N+](=O)[O-]. The highest BCUT2D eigenvalue weighted by atomic mass is 35.5. The van der Waals surface area contributed by atoms with Crippen LogP contribution >= 0.6 is 11.6 Å². The number of nitrogens with one attached hydrogen (secondary N) is 1. The van der Waals surface area contributed by atoms with E-state index in [9.17, 15) is 14.9 Å². The number of hydrazone groups is 1. The monoisotopic (exact) mass is 387 g/mol. The molecule has 0 spiro atoms. The Kier molecular flexibility index (Phi) is 5.04. The van der Waals surface area contributed by atoms with Crippen LogP contribution in [0.15, 0.2) is 41.6 Å². The lowest BCUT2D eigenvalue weighted by Crippen LogP contribution is -2.20. The molecule has 0 unspecified atom stereocenters. The molecule has 1 aromatic carbocycles. The van der Waals surface area contributed by atoms with E-state index in [0.29, 0.717) is 27.6 Å². The number of benzene rings is 1. The summed E-state index contributed by atoms with van der Waals surface area (Å²) < 4.78 is 6.51. The van der Waals surface area contributed by atoms with Crippen LogP contribution in [0, 0.1) is 17.0 Å². The number of hydrogen-bond acceptors (Lipinski definition) is 6. The van der Waals surface area contributed by atoms with Crippen molar-refractivity contribution in [1.82, 2.24) is 14.8 Å². The molecule has 2 heterocycles. The molecule has 3 rings (SSSR count). The number of nitro groups is 1. The van der Waals surface area contributed by atoms with E-state index < -0.39 is 10.8 Å². The van der Waals surface area contributed by atoms with Crippen molar-refractivity contribution in [2.24, 2.45) is 5.10 Å². The molecule has 27 heavy (non-hydrogen) atoms. The van der Waals surface area contributed by atoms with Gasteiger partial charge in [-0.15, -0.1) is 0 Å². The number of pyridine rings is 1. The minimum Gasteiger partial charge on any atom is -0.490 e. The predicted octanol–water partition coefficient (Wildman–Crippen LogP) is 2.98. The average Bonchev–Trinajstić information content (AvgIpc) is 2.96. The van der Waals surface area contributed by atoms with Gasteiger partial charge in [-0.3, -0.25) is 19.3 Å². The van der Waals surface area contributed by atoms with Crippen molar-refractivity contribution in [2.45, 2.75) is 6.92 Å². The maximum Gasteiger partial charge on any atom is 0.311 e. The predicted molar refractivity (Wildman–Crippen MR) is 99.6 cm³/mol. The van der Waals surface area contributed by atoms with Crippen molar-refractivity contribution in [3.05, 3.63) is 68.6 Å². The van der Waals surface area contributed by atoms with Gasteiger partial charge in [-0.2, -0.15) is 5.10 Å². The van der Waals surface area contributed by atoms with Gasteiger partial charge >= 0.3 is 5.69 Å². The number of halogens is 1. The van der Waals surface area contributed by atoms with Crippen LogP contribution in [-0.2, 0) is 0 Å². The van der Waals surface area contributed by atoms with Gasteiger partial charge in [0.1, 0.15) is 11.3 Å². The molecule has 0 aliphatic heterocycles. The Morgan fingerprint density at radius 3 is 2.89 bits per heavy atom. The fourth-order valence-corrected chi connectivity index (χ4v) is 2.72. The van der Waals surface area contributed by atoms with Gasteiger partial charge in [0, 0.05) is 17.8 Å². The first-order valence-electron chi connectivity index (χ1n) is 7.70. The van der Waals surface area contributed by atoms with Crippen molar-refractivity contribution in [2.75, 3.05) is 7.11 Å². The molecule has 0 aliphatic carbocycles. The first kappa shape index (κ1) is 18.3. The normalized spacial score (nSPS) is 11.1. The Morgan fingerprint density at radius 2 is 2.19 bits per heavy atom. The number of fused-ring (bicyclic) bond motifs is 1. The average molecular weight is 388 g/mol. The van der Waals surface area contributed by atoms with Crippen LogP contribution in [0.3, 0.4) is 0 Å². The van der Waals surface area contributed by atoms with Crippen LogP contribution in [0.5, 0.6) is 5.75 Å². The molecule has 9 nitrogen and oxygen atoms in total. The van der Waals surface area contributed by atoms with Crippen LogP contribution in [-0.4, -0.2) is 33.5 Å². The summed E-state index contributed by atoms with van der Waals surface area (Å²) >= 11 is 5.98. The fraction of sp³-hybridized carbons (Fsp3) is 0.118. The van der Waals surface area contributed by atoms with E-state index in [4.69, 9.17) is 16.3 Å². The lowest BCUT2D eigenvalue weighted by Gasteiger charge is -2.03. The molecular weight excluding hydrogens is 374 g/mol. The summed E-state index contributed by atoms with van der Waals surface area (Å²) in [5.74, 6) is -0.346. The number of aromatic nitrogens is 2. The number of rotatable bonds is 5. The van der Waals surface area contributed by atoms with E-state index in [1.807, 2.05) is 0 Å². The molecule has 2 aromatic heterocycles. The smallest absolute Gasteiger partial charge is 0.311 e. The van der Waals surface area contributed by atoms with Crippen LogP contribution in [0.4, 0.5) is 5.69 Å². The van der Waals surface area contributed by atoms with Crippen molar-refractivity contribution < 1.29 is 14.5 Å². The number of aryl methyl sites for hydroxylation is 1. The van der Waals surface area contributed by atoms with Gasteiger partial charge < -0.3 is 4.74 Å². The second-order valence-electron chi connectivity index (χ2n) is 5.51. The lowest BCUT2D eigenvalue weighted by atomic mass is 10.2. The van der Waals surface area contributed by atoms with E-state index >= 15 is 0 Å². The Bertz CT molecular complexity index is 1080. The number of imidazole rings is 1. The van der Waals surface area contributed by atoms with Gasteiger partial charge in [-0.05, 0) is 31.2 Å². The number of nitro benzene ring substituents is 1. The lowest BCUT2D eigenvalue weighted by molar-refractivity contribution is -0.385. The van der Waals surface area contributed by atoms with E-state index in [2.05, 4.69) is 15.5 Å². The zero-order valence-electron chi connectivity index (χ0n) is 14.3. The molecule has 3 aromatic rings. The summed E-state index contributed by atoms with van der Waals surface area (Å²) in [5.41, 5.74) is 4.02. The highest BCUT2D eigenvalue weighted by molar-refractivity contribution is 6.30. The molecule has 1 N–H and O–H groups in total. The van der Waals surface area contributed by atoms with E-state index in [-0.39, 0.29) is 11.4 Å². The largest absolute Gasteiger partial charge is 0.490 e. The number of ether oxygens (including phenoxy) is 1. The Hall–Kier alpha value is -3.46. The summed E-state index contributed by atoms with van der Waals surface area (Å²) in [6, 6.07) is 7.72. The third kappa shape index (κ3) is 3.72. The van der Waals surface area contributed by atoms with Gasteiger partial charge in [0.2, 0.25) is 0 Å².